The van der Waals surface area contributed by atoms with Crippen molar-refractivity contribution < 1.29 is 13.9 Å². The Kier molecular flexibility index (Phi) is 8.15. The van der Waals surface area contributed by atoms with Gasteiger partial charge in [0.05, 0.1) is 22.3 Å². The zero-order chi connectivity index (χ0) is 24.8. The summed E-state index contributed by atoms with van der Waals surface area (Å²) in [6.07, 6.45) is 8.05. The maximum Gasteiger partial charge on any atom is 0.248 e. The van der Waals surface area contributed by atoms with Gasteiger partial charge in [-0.15, -0.1) is 0 Å². The lowest BCUT2D eigenvalue weighted by atomic mass is 9.96. The minimum absolute atomic E-state index is 0.00833. The molecule has 0 atom stereocenters. The number of likely N-dealkylation sites (N-methyl/N-ethyl adjacent to an activating group) is 1. The maximum absolute atomic E-state index is 13.6. The summed E-state index contributed by atoms with van der Waals surface area (Å²) in [7, 11) is 0. The molecule has 0 bridgehead atoms. The van der Waals surface area contributed by atoms with Crippen LogP contribution in [0.5, 0.6) is 5.75 Å². The van der Waals surface area contributed by atoms with Gasteiger partial charge in [0.2, 0.25) is 5.91 Å². The third-order valence-corrected chi connectivity index (χ3v) is 6.34. The molecule has 0 saturated heterocycles. The molecular weight excluding hydrogens is 469 g/mol. The number of fused-ring (bicyclic) bond motifs is 1. The Morgan fingerprint density at radius 1 is 1.23 bits per heavy atom. The minimum Gasteiger partial charge on any atom is -0.488 e. The molecule has 1 aliphatic rings. The average molecular weight is 498 g/mol. The van der Waals surface area contributed by atoms with E-state index in [1.807, 2.05) is 12.1 Å². The number of hydrogen-bond acceptors (Lipinski definition) is 6. The summed E-state index contributed by atoms with van der Waals surface area (Å²) in [4.78, 5) is 23.6. The van der Waals surface area contributed by atoms with E-state index in [9.17, 15) is 9.18 Å². The van der Waals surface area contributed by atoms with Crippen molar-refractivity contribution in [3.05, 3.63) is 59.7 Å². The monoisotopic (exact) mass is 497 g/mol. The summed E-state index contributed by atoms with van der Waals surface area (Å²) < 4.78 is 19.7. The Morgan fingerprint density at radius 2 is 2.03 bits per heavy atom. The Morgan fingerprint density at radius 3 is 2.71 bits per heavy atom. The van der Waals surface area contributed by atoms with Crippen molar-refractivity contribution in [3.63, 3.8) is 0 Å². The van der Waals surface area contributed by atoms with E-state index in [1.54, 1.807) is 12.1 Å². The lowest BCUT2D eigenvalue weighted by Gasteiger charge is -2.27. The smallest absolute Gasteiger partial charge is 0.248 e. The van der Waals surface area contributed by atoms with Crippen molar-refractivity contribution in [1.29, 1.82) is 0 Å². The quantitative estimate of drug-likeness (QED) is 0.338. The molecular formula is C26H29ClFN5O2. The van der Waals surface area contributed by atoms with Gasteiger partial charge in [-0.05, 0) is 56.6 Å². The second-order valence-electron chi connectivity index (χ2n) is 8.39. The molecule has 0 radical (unpaired) electrons. The number of benzene rings is 2. The molecule has 1 aliphatic carbocycles. The average Bonchev–Trinajstić information content (AvgIpc) is 2.82. The van der Waals surface area contributed by atoms with Gasteiger partial charge in [0.1, 0.15) is 23.7 Å². The third-order valence-electron chi connectivity index (χ3n) is 6.05. The number of anilines is 3. The van der Waals surface area contributed by atoms with E-state index in [0.717, 1.165) is 32.4 Å². The van der Waals surface area contributed by atoms with Gasteiger partial charge in [-0.2, -0.15) is 0 Å². The molecule has 9 heteroatoms. The first-order chi connectivity index (χ1) is 17.0. The highest BCUT2D eigenvalue weighted by atomic mass is 35.5. The van der Waals surface area contributed by atoms with Crippen LogP contribution in [0.1, 0.15) is 33.1 Å². The van der Waals surface area contributed by atoms with Crippen molar-refractivity contribution in [2.24, 2.45) is 0 Å². The topological polar surface area (TPSA) is 79.4 Å². The van der Waals surface area contributed by atoms with E-state index < -0.39 is 5.82 Å². The highest BCUT2D eigenvalue weighted by molar-refractivity contribution is 6.31. The molecule has 4 rings (SSSR count). The molecule has 0 unspecified atom stereocenters. The number of halogens is 2. The third kappa shape index (κ3) is 6.26. The van der Waals surface area contributed by atoms with Crippen LogP contribution >= 0.6 is 11.6 Å². The molecule has 184 valence electrons. The molecule has 2 N–H and O–H groups in total. The normalized spacial score (nSPS) is 13.9. The molecule has 0 spiro atoms. The van der Waals surface area contributed by atoms with Gasteiger partial charge in [-0.3, -0.25) is 4.79 Å². The van der Waals surface area contributed by atoms with Gasteiger partial charge in [0.15, 0.2) is 0 Å². The van der Waals surface area contributed by atoms with Crippen molar-refractivity contribution in [2.45, 2.75) is 39.2 Å². The first-order valence-corrected chi connectivity index (χ1v) is 12.2. The van der Waals surface area contributed by atoms with Crippen LogP contribution in [0.3, 0.4) is 0 Å². The Hall–Kier alpha value is -3.23. The first-order valence-electron chi connectivity index (χ1n) is 11.8. The van der Waals surface area contributed by atoms with Crippen LogP contribution in [-0.4, -0.2) is 46.5 Å². The summed E-state index contributed by atoms with van der Waals surface area (Å²) in [5.41, 5.74) is 1.77. The number of carbonyl (C=O) groups excluding carboxylic acids is 1. The molecule has 1 heterocycles. The zero-order valence-corrected chi connectivity index (χ0v) is 20.6. The number of ether oxygens (including phenoxy) is 1. The summed E-state index contributed by atoms with van der Waals surface area (Å²) in [6.45, 7) is 6.71. The van der Waals surface area contributed by atoms with E-state index in [0.29, 0.717) is 40.4 Å². The number of aromatic nitrogens is 2. The second-order valence-corrected chi connectivity index (χ2v) is 8.80. The van der Waals surface area contributed by atoms with Crippen molar-refractivity contribution in [1.82, 2.24) is 14.9 Å². The largest absolute Gasteiger partial charge is 0.488 e. The number of hydrogen-bond donors (Lipinski definition) is 2. The summed E-state index contributed by atoms with van der Waals surface area (Å²) in [5, 5.41) is 6.80. The van der Waals surface area contributed by atoms with Gasteiger partial charge >= 0.3 is 0 Å². The molecule has 3 aromatic rings. The number of nitrogens with zero attached hydrogens (tertiary/aromatic N) is 3. The van der Waals surface area contributed by atoms with E-state index in [-0.39, 0.29) is 17.0 Å². The predicted molar refractivity (Wildman–Crippen MR) is 138 cm³/mol. The molecule has 1 amide bonds. The summed E-state index contributed by atoms with van der Waals surface area (Å²) >= 11 is 5.93. The second kappa shape index (κ2) is 11.5. The number of amides is 1. The van der Waals surface area contributed by atoms with E-state index >= 15 is 0 Å². The maximum atomic E-state index is 13.6. The summed E-state index contributed by atoms with van der Waals surface area (Å²) in [5.74, 6) is 0.329. The van der Waals surface area contributed by atoms with Crippen LogP contribution in [0.15, 0.2) is 48.8 Å². The lowest BCUT2D eigenvalue weighted by Crippen LogP contribution is -2.25. The zero-order valence-electron chi connectivity index (χ0n) is 19.9. The van der Waals surface area contributed by atoms with Crippen LogP contribution in [0.2, 0.25) is 5.02 Å². The van der Waals surface area contributed by atoms with Crippen molar-refractivity contribution in [2.75, 3.05) is 30.3 Å². The van der Waals surface area contributed by atoms with Gasteiger partial charge in [0.25, 0.3) is 0 Å². The number of rotatable bonds is 10. The van der Waals surface area contributed by atoms with Crippen LogP contribution in [0.4, 0.5) is 21.6 Å². The van der Waals surface area contributed by atoms with E-state index in [4.69, 9.17) is 16.3 Å². The highest BCUT2D eigenvalue weighted by Crippen LogP contribution is 2.36. The van der Waals surface area contributed by atoms with Gasteiger partial charge < -0.3 is 20.3 Å². The fourth-order valence-corrected chi connectivity index (χ4v) is 3.90. The van der Waals surface area contributed by atoms with Crippen LogP contribution in [0.25, 0.3) is 10.9 Å². The molecule has 35 heavy (non-hydrogen) atoms. The minimum atomic E-state index is -0.499. The van der Waals surface area contributed by atoms with Crippen LogP contribution in [0, 0.1) is 5.82 Å². The van der Waals surface area contributed by atoms with Crippen molar-refractivity contribution >= 4 is 45.6 Å². The van der Waals surface area contributed by atoms with Crippen molar-refractivity contribution in [3.8, 4) is 5.75 Å². The molecule has 1 saturated carbocycles. The number of nitrogens with one attached hydrogen (secondary N) is 2. The van der Waals surface area contributed by atoms with Gasteiger partial charge in [-0.1, -0.05) is 31.5 Å². The Bertz CT molecular complexity index is 1230. The predicted octanol–water partition coefficient (Wildman–Crippen LogP) is 5.93. The molecule has 2 aromatic carbocycles. The van der Waals surface area contributed by atoms with E-state index in [2.05, 4.69) is 39.3 Å². The summed E-state index contributed by atoms with van der Waals surface area (Å²) in [6, 6.07) is 7.96. The fourth-order valence-electron chi connectivity index (χ4n) is 3.72. The molecule has 1 fully saturated rings. The Balaban J connectivity index is 1.63. The lowest BCUT2D eigenvalue weighted by molar-refractivity contribution is -0.111. The SMILES string of the molecule is CCN(CC)CC=CC(=O)Nc1cc2c(Nc3ccc(F)c(Cl)c3)ncnc2cc1OC1CCC1. The fraction of sp³-hybridized carbons (Fsp3) is 0.346. The standard InChI is InChI=1S/C26H29ClFN5O2/c1-3-33(4-2)12-6-9-25(34)32-23-14-19-22(15-24(23)35-18-7-5-8-18)29-16-30-26(19)31-17-10-11-21(28)20(27)13-17/h6,9-11,13-16,18H,3-5,7-8,12H2,1-2H3,(H,32,34)(H,29,30,31). The van der Waals surface area contributed by atoms with Crippen LogP contribution < -0.4 is 15.4 Å². The van der Waals surface area contributed by atoms with Gasteiger partial charge in [0, 0.05) is 29.8 Å². The molecule has 1 aromatic heterocycles. The number of carbonyl (C=O) groups is 1. The van der Waals surface area contributed by atoms with E-state index in [1.165, 1.54) is 24.5 Å². The Labute approximate surface area is 209 Å². The highest BCUT2D eigenvalue weighted by Gasteiger charge is 2.22. The molecule has 7 nitrogen and oxygen atoms in total. The van der Waals surface area contributed by atoms with Gasteiger partial charge in [-0.25, -0.2) is 14.4 Å². The molecule has 0 aliphatic heterocycles. The van der Waals surface area contributed by atoms with Crippen LogP contribution in [-0.2, 0) is 4.79 Å². The first kappa shape index (κ1) is 24.9.